The second-order valence-corrected chi connectivity index (χ2v) is 6.03. The number of aliphatic hydroxyl groups is 1. The minimum atomic E-state index is 0.0335. The molecule has 0 aromatic carbocycles. The van der Waals surface area contributed by atoms with Gasteiger partial charge in [-0.2, -0.15) is 10.2 Å². The summed E-state index contributed by atoms with van der Waals surface area (Å²) in [6.07, 6.45) is 5.29. The maximum atomic E-state index is 9.29. The Hall–Kier alpha value is -1.99. The van der Waals surface area contributed by atoms with Crippen molar-refractivity contribution in [3.8, 4) is 0 Å². The molecule has 0 amide bonds. The van der Waals surface area contributed by atoms with Crippen LogP contribution >= 0.6 is 11.3 Å². The molecular weight excluding hydrogens is 298 g/mol. The van der Waals surface area contributed by atoms with Crippen LogP contribution < -0.4 is 0 Å². The van der Waals surface area contributed by atoms with E-state index in [-0.39, 0.29) is 12.6 Å². The van der Waals surface area contributed by atoms with Gasteiger partial charge in [0.2, 0.25) is 0 Å². The molecule has 0 radical (unpaired) electrons. The molecular formula is C15H19N5OS. The highest BCUT2D eigenvalue weighted by molar-refractivity contribution is 7.09. The van der Waals surface area contributed by atoms with E-state index in [2.05, 4.69) is 28.6 Å². The Balaban J connectivity index is 1.92. The zero-order chi connectivity index (χ0) is 15.4. The van der Waals surface area contributed by atoms with Crippen molar-refractivity contribution in [2.75, 3.05) is 6.61 Å². The summed E-state index contributed by atoms with van der Waals surface area (Å²) in [6.45, 7) is 2.60. The molecule has 116 valence electrons. The van der Waals surface area contributed by atoms with Crippen LogP contribution in [0.4, 0.5) is 0 Å². The number of aliphatic hydroxyl groups excluding tert-OH is 1. The first kappa shape index (κ1) is 14.9. The van der Waals surface area contributed by atoms with Crippen molar-refractivity contribution in [3.63, 3.8) is 0 Å². The van der Waals surface area contributed by atoms with Gasteiger partial charge in [0, 0.05) is 23.7 Å². The van der Waals surface area contributed by atoms with Crippen molar-refractivity contribution in [1.82, 2.24) is 24.5 Å². The lowest BCUT2D eigenvalue weighted by Crippen LogP contribution is -2.18. The van der Waals surface area contributed by atoms with Gasteiger partial charge >= 0.3 is 0 Å². The molecule has 1 unspecified atom stereocenters. The van der Waals surface area contributed by atoms with E-state index in [1.807, 2.05) is 23.0 Å². The van der Waals surface area contributed by atoms with E-state index in [1.54, 1.807) is 22.2 Å². The van der Waals surface area contributed by atoms with E-state index in [9.17, 15) is 5.11 Å². The SMILES string of the molecule is CCC(c1nc(Cc2cccs2)nn1CCO)n1cccn1. The summed E-state index contributed by atoms with van der Waals surface area (Å²) in [5, 5.41) is 20.2. The first-order valence-electron chi connectivity index (χ1n) is 7.37. The highest BCUT2D eigenvalue weighted by Gasteiger charge is 2.20. The van der Waals surface area contributed by atoms with E-state index in [0.29, 0.717) is 6.54 Å². The number of hydrogen-bond donors (Lipinski definition) is 1. The third kappa shape index (κ3) is 3.10. The summed E-state index contributed by atoms with van der Waals surface area (Å²) < 4.78 is 3.70. The van der Waals surface area contributed by atoms with E-state index >= 15 is 0 Å². The molecule has 0 spiro atoms. The van der Waals surface area contributed by atoms with Gasteiger partial charge in [0.05, 0.1) is 13.2 Å². The lowest BCUT2D eigenvalue weighted by atomic mass is 10.2. The molecule has 3 rings (SSSR count). The molecule has 3 heterocycles. The van der Waals surface area contributed by atoms with Crippen molar-refractivity contribution < 1.29 is 5.11 Å². The molecule has 3 aromatic heterocycles. The second-order valence-electron chi connectivity index (χ2n) is 5.00. The van der Waals surface area contributed by atoms with Crippen molar-refractivity contribution in [1.29, 1.82) is 0 Å². The maximum Gasteiger partial charge on any atom is 0.156 e. The van der Waals surface area contributed by atoms with Crippen molar-refractivity contribution >= 4 is 11.3 Å². The Labute approximate surface area is 133 Å². The molecule has 3 aromatic rings. The van der Waals surface area contributed by atoms with Gasteiger partial charge in [-0.3, -0.25) is 4.68 Å². The quantitative estimate of drug-likeness (QED) is 0.725. The van der Waals surface area contributed by atoms with Gasteiger partial charge in [0.25, 0.3) is 0 Å². The molecule has 6 nitrogen and oxygen atoms in total. The minimum Gasteiger partial charge on any atom is -0.394 e. The van der Waals surface area contributed by atoms with Gasteiger partial charge in [-0.1, -0.05) is 13.0 Å². The van der Waals surface area contributed by atoms with Gasteiger partial charge in [-0.15, -0.1) is 11.3 Å². The molecule has 0 bridgehead atoms. The predicted molar refractivity (Wildman–Crippen MR) is 84.9 cm³/mol. The zero-order valence-corrected chi connectivity index (χ0v) is 13.3. The summed E-state index contributed by atoms with van der Waals surface area (Å²) in [5.74, 6) is 1.64. The number of thiophene rings is 1. The van der Waals surface area contributed by atoms with E-state index in [0.717, 1.165) is 24.5 Å². The van der Waals surface area contributed by atoms with Crippen LogP contribution in [0.15, 0.2) is 36.0 Å². The average molecular weight is 317 g/mol. The van der Waals surface area contributed by atoms with Crippen LogP contribution in [-0.4, -0.2) is 36.3 Å². The van der Waals surface area contributed by atoms with Crippen LogP contribution in [0.1, 0.15) is 35.9 Å². The van der Waals surface area contributed by atoms with E-state index in [4.69, 9.17) is 4.98 Å². The number of nitrogens with zero attached hydrogens (tertiary/aromatic N) is 5. The largest absolute Gasteiger partial charge is 0.394 e. The Morgan fingerprint density at radius 2 is 2.27 bits per heavy atom. The summed E-state index contributed by atoms with van der Waals surface area (Å²) in [5.41, 5.74) is 0. The zero-order valence-electron chi connectivity index (χ0n) is 12.5. The highest BCUT2D eigenvalue weighted by Crippen LogP contribution is 2.21. The normalized spacial score (nSPS) is 12.6. The standard InChI is InChI=1S/C15H19N5OS/c1-2-13(19-7-4-6-16-19)15-17-14(18-20(15)8-9-21)11-12-5-3-10-22-12/h3-7,10,13,21H,2,8-9,11H2,1H3. The number of rotatable bonds is 7. The van der Waals surface area contributed by atoms with Crippen molar-refractivity contribution in [2.45, 2.75) is 32.4 Å². The number of aromatic nitrogens is 5. The number of hydrogen-bond acceptors (Lipinski definition) is 5. The van der Waals surface area contributed by atoms with Crippen LogP contribution in [0.25, 0.3) is 0 Å². The molecule has 0 saturated heterocycles. The molecule has 1 N–H and O–H groups in total. The van der Waals surface area contributed by atoms with Crippen molar-refractivity contribution in [2.24, 2.45) is 0 Å². The summed E-state index contributed by atoms with van der Waals surface area (Å²) in [6, 6.07) is 6.06. The molecule has 0 saturated carbocycles. The lowest BCUT2D eigenvalue weighted by Gasteiger charge is -2.15. The van der Waals surface area contributed by atoms with Gasteiger partial charge in [0.15, 0.2) is 11.6 Å². The third-order valence-electron chi connectivity index (χ3n) is 3.50. The van der Waals surface area contributed by atoms with Crippen LogP contribution in [0.5, 0.6) is 0 Å². The van der Waals surface area contributed by atoms with Crippen LogP contribution in [0.2, 0.25) is 0 Å². The molecule has 7 heteroatoms. The average Bonchev–Trinajstić information content (AvgIpc) is 3.24. The van der Waals surface area contributed by atoms with Gasteiger partial charge in [-0.05, 0) is 23.9 Å². The minimum absolute atomic E-state index is 0.0335. The van der Waals surface area contributed by atoms with Crippen LogP contribution in [-0.2, 0) is 13.0 Å². The highest BCUT2D eigenvalue weighted by atomic mass is 32.1. The Morgan fingerprint density at radius 3 is 2.91 bits per heavy atom. The van der Waals surface area contributed by atoms with Crippen molar-refractivity contribution in [3.05, 3.63) is 52.5 Å². The maximum absolute atomic E-state index is 9.29. The topological polar surface area (TPSA) is 68.8 Å². The molecule has 0 aliphatic carbocycles. The molecule has 0 fully saturated rings. The fraction of sp³-hybridized carbons (Fsp3) is 0.400. The fourth-order valence-corrected chi connectivity index (χ4v) is 3.21. The first-order valence-corrected chi connectivity index (χ1v) is 8.25. The predicted octanol–water partition coefficient (Wildman–Crippen LogP) is 2.12. The van der Waals surface area contributed by atoms with Gasteiger partial charge in [0.1, 0.15) is 6.04 Å². The fourth-order valence-electron chi connectivity index (χ4n) is 2.51. The van der Waals surface area contributed by atoms with Crippen LogP contribution in [0, 0.1) is 0 Å². The van der Waals surface area contributed by atoms with Gasteiger partial charge < -0.3 is 5.11 Å². The Morgan fingerprint density at radius 1 is 1.36 bits per heavy atom. The molecule has 0 aliphatic heterocycles. The summed E-state index contributed by atoms with van der Waals surface area (Å²) in [4.78, 5) is 5.95. The van der Waals surface area contributed by atoms with Crippen LogP contribution in [0.3, 0.4) is 0 Å². The molecule has 22 heavy (non-hydrogen) atoms. The summed E-state index contributed by atoms with van der Waals surface area (Å²) in [7, 11) is 0. The third-order valence-corrected chi connectivity index (χ3v) is 4.37. The van der Waals surface area contributed by atoms with E-state index < -0.39 is 0 Å². The summed E-state index contributed by atoms with van der Waals surface area (Å²) >= 11 is 1.70. The molecule has 0 aliphatic rings. The second kappa shape index (κ2) is 6.85. The van der Waals surface area contributed by atoms with E-state index in [1.165, 1.54) is 4.88 Å². The monoisotopic (exact) mass is 317 g/mol. The smallest absolute Gasteiger partial charge is 0.156 e. The Bertz CT molecular complexity index is 690. The van der Waals surface area contributed by atoms with Gasteiger partial charge in [-0.25, -0.2) is 9.67 Å². The lowest BCUT2D eigenvalue weighted by molar-refractivity contribution is 0.263. The molecule has 1 atom stereocenters. The Kier molecular flexibility index (Phi) is 4.65. The first-order chi connectivity index (χ1) is 10.8.